The van der Waals surface area contributed by atoms with E-state index in [1.807, 2.05) is 16.3 Å². The second-order valence-corrected chi connectivity index (χ2v) is 4.68. The Morgan fingerprint density at radius 2 is 2.19 bits per heavy atom. The van der Waals surface area contributed by atoms with Crippen molar-refractivity contribution in [2.24, 2.45) is 0 Å². The molecule has 0 aromatic carbocycles. The summed E-state index contributed by atoms with van der Waals surface area (Å²) >= 11 is 1.67. The molecule has 0 saturated carbocycles. The molecule has 2 heterocycles. The highest BCUT2D eigenvalue weighted by Gasteiger charge is 2.13. The number of hydrogen-bond acceptors (Lipinski definition) is 3. The van der Waals surface area contributed by atoms with Crippen LogP contribution in [-0.2, 0) is 0 Å². The summed E-state index contributed by atoms with van der Waals surface area (Å²) in [5.74, 6) is 0. The van der Waals surface area contributed by atoms with Gasteiger partial charge in [-0.2, -0.15) is 16.4 Å². The second kappa shape index (κ2) is 4.70. The minimum atomic E-state index is 0.453. The lowest BCUT2D eigenvalue weighted by molar-refractivity contribution is 0.429. The highest BCUT2D eigenvalue weighted by molar-refractivity contribution is 7.08. The van der Waals surface area contributed by atoms with Crippen LogP contribution in [-0.4, -0.2) is 9.78 Å². The molecule has 0 aliphatic rings. The summed E-state index contributed by atoms with van der Waals surface area (Å²) in [5.41, 5.74) is 8.80. The fourth-order valence-corrected chi connectivity index (χ4v) is 2.52. The number of hydrogen-bond donors (Lipinski definition) is 1. The molecule has 2 N–H and O–H groups in total. The molecule has 3 nitrogen and oxygen atoms in total. The molecule has 86 valence electrons. The van der Waals surface area contributed by atoms with E-state index < -0.39 is 0 Å². The van der Waals surface area contributed by atoms with Crippen LogP contribution in [0, 0.1) is 0 Å². The zero-order valence-electron chi connectivity index (χ0n) is 9.68. The molecule has 2 aromatic heterocycles. The van der Waals surface area contributed by atoms with Crippen LogP contribution in [0.5, 0.6) is 0 Å². The maximum absolute atomic E-state index is 6.00. The third kappa shape index (κ3) is 1.97. The maximum Gasteiger partial charge on any atom is 0.116 e. The van der Waals surface area contributed by atoms with Crippen molar-refractivity contribution in [3.63, 3.8) is 0 Å². The predicted molar refractivity (Wildman–Crippen MR) is 69.6 cm³/mol. The van der Waals surface area contributed by atoms with Gasteiger partial charge in [-0.15, -0.1) is 0 Å². The van der Waals surface area contributed by atoms with Gasteiger partial charge in [-0.05, 0) is 24.3 Å². The van der Waals surface area contributed by atoms with Gasteiger partial charge in [0.2, 0.25) is 0 Å². The Kier molecular flexibility index (Phi) is 3.29. The first kappa shape index (κ1) is 11.2. The average molecular weight is 235 g/mol. The van der Waals surface area contributed by atoms with Gasteiger partial charge >= 0.3 is 0 Å². The molecule has 4 heteroatoms. The number of anilines is 1. The van der Waals surface area contributed by atoms with Crippen LogP contribution < -0.4 is 5.73 Å². The van der Waals surface area contributed by atoms with Crippen molar-refractivity contribution in [1.29, 1.82) is 0 Å². The van der Waals surface area contributed by atoms with Crippen LogP contribution in [0.15, 0.2) is 23.0 Å². The van der Waals surface area contributed by atoms with E-state index in [2.05, 4.69) is 30.4 Å². The monoisotopic (exact) mass is 235 g/mol. The topological polar surface area (TPSA) is 43.8 Å². The molecule has 0 bridgehead atoms. The third-order valence-electron chi connectivity index (χ3n) is 2.87. The Bertz CT molecular complexity index is 441. The molecule has 0 unspecified atom stereocenters. The first-order valence-corrected chi connectivity index (χ1v) is 6.57. The Balaban J connectivity index is 2.35. The number of nitrogens with two attached hydrogens (primary N) is 1. The van der Waals surface area contributed by atoms with Gasteiger partial charge in [0.1, 0.15) is 5.69 Å². The van der Waals surface area contributed by atoms with Crippen LogP contribution in [0.25, 0.3) is 11.3 Å². The minimum absolute atomic E-state index is 0.453. The van der Waals surface area contributed by atoms with E-state index >= 15 is 0 Å². The highest BCUT2D eigenvalue weighted by atomic mass is 32.1. The molecule has 0 amide bonds. The molecule has 2 aromatic rings. The van der Waals surface area contributed by atoms with Crippen LogP contribution in [0.3, 0.4) is 0 Å². The van der Waals surface area contributed by atoms with Crippen LogP contribution in [0.4, 0.5) is 5.69 Å². The summed E-state index contributed by atoms with van der Waals surface area (Å²) in [6, 6.07) is 2.51. The fourth-order valence-electron chi connectivity index (χ4n) is 1.88. The second-order valence-electron chi connectivity index (χ2n) is 3.90. The van der Waals surface area contributed by atoms with Gasteiger partial charge in [0.15, 0.2) is 0 Å². The molecule has 0 aliphatic heterocycles. The predicted octanol–water partition coefficient (Wildman–Crippen LogP) is 3.55. The summed E-state index contributed by atoms with van der Waals surface area (Å²) in [7, 11) is 0. The maximum atomic E-state index is 6.00. The number of thiophene rings is 1. The van der Waals surface area contributed by atoms with Gasteiger partial charge in [-0.1, -0.05) is 13.8 Å². The van der Waals surface area contributed by atoms with Gasteiger partial charge in [0, 0.05) is 17.1 Å². The molecule has 2 rings (SSSR count). The smallest absolute Gasteiger partial charge is 0.116 e. The lowest BCUT2D eigenvalue weighted by atomic mass is 10.2. The van der Waals surface area contributed by atoms with Crippen molar-refractivity contribution < 1.29 is 0 Å². The summed E-state index contributed by atoms with van der Waals surface area (Å²) in [5, 5.41) is 8.72. The molecule has 0 spiro atoms. The van der Waals surface area contributed by atoms with Crippen LogP contribution >= 0.6 is 11.3 Å². The number of rotatable bonds is 4. The van der Waals surface area contributed by atoms with Crippen molar-refractivity contribution in [1.82, 2.24) is 9.78 Å². The molecule has 0 fully saturated rings. The van der Waals surface area contributed by atoms with E-state index in [0.29, 0.717) is 6.04 Å². The van der Waals surface area contributed by atoms with Crippen molar-refractivity contribution in [2.45, 2.75) is 32.7 Å². The third-order valence-corrected chi connectivity index (χ3v) is 3.55. The standard InChI is InChI=1S/C12H17N3S/c1-3-10(4-2)15-7-11(13)12(14-15)9-5-6-16-8-9/h5-8,10H,3-4,13H2,1-2H3. The summed E-state index contributed by atoms with van der Waals surface area (Å²) in [6.07, 6.45) is 4.12. The number of nitrogens with zero attached hydrogens (tertiary/aromatic N) is 2. The zero-order valence-corrected chi connectivity index (χ0v) is 10.5. The molecule has 0 aliphatic carbocycles. The largest absolute Gasteiger partial charge is 0.396 e. The Labute approximate surface area is 99.9 Å². The van der Waals surface area contributed by atoms with Crippen LogP contribution in [0.2, 0.25) is 0 Å². The Hall–Kier alpha value is -1.29. The number of nitrogen functional groups attached to an aromatic ring is 1. The van der Waals surface area contributed by atoms with Gasteiger partial charge in [0.25, 0.3) is 0 Å². The summed E-state index contributed by atoms with van der Waals surface area (Å²) in [4.78, 5) is 0. The van der Waals surface area contributed by atoms with Gasteiger partial charge in [-0.25, -0.2) is 0 Å². The van der Waals surface area contributed by atoms with Crippen molar-refractivity contribution in [3.05, 3.63) is 23.0 Å². The Morgan fingerprint density at radius 3 is 2.75 bits per heavy atom. The molecule has 0 radical (unpaired) electrons. The van der Waals surface area contributed by atoms with Crippen molar-refractivity contribution in [3.8, 4) is 11.3 Å². The van der Waals surface area contributed by atoms with E-state index in [9.17, 15) is 0 Å². The van der Waals surface area contributed by atoms with E-state index in [0.717, 1.165) is 29.8 Å². The first-order valence-electron chi connectivity index (χ1n) is 5.63. The minimum Gasteiger partial charge on any atom is -0.396 e. The normalized spacial score (nSPS) is 11.2. The molecule has 16 heavy (non-hydrogen) atoms. The average Bonchev–Trinajstić information content (AvgIpc) is 2.89. The van der Waals surface area contributed by atoms with Gasteiger partial charge in [-0.3, -0.25) is 4.68 Å². The Morgan fingerprint density at radius 1 is 1.44 bits per heavy atom. The first-order chi connectivity index (χ1) is 7.76. The van der Waals surface area contributed by atoms with Gasteiger partial charge < -0.3 is 5.73 Å². The van der Waals surface area contributed by atoms with Gasteiger partial charge in [0.05, 0.1) is 11.7 Å². The molecular formula is C12H17N3S. The van der Waals surface area contributed by atoms with Crippen molar-refractivity contribution >= 4 is 17.0 Å². The lowest BCUT2D eigenvalue weighted by Gasteiger charge is -2.12. The fraction of sp³-hybridized carbons (Fsp3) is 0.417. The zero-order chi connectivity index (χ0) is 11.5. The molecular weight excluding hydrogens is 218 g/mol. The van der Waals surface area contributed by atoms with E-state index in [-0.39, 0.29) is 0 Å². The summed E-state index contributed by atoms with van der Waals surface area (Å²) < 4.78 is 2.00. The highest BCUT2D eigenvalue weighted by Crippen LogP contribution is 2.28. The van der Waals surface area contributed by atoms with E-state index in [4.69, 9.17) is 5.73 Å². The number of aromatic nitrogens is 2. The van der Waals surface area contributed by atoms with E-state index in [1.165, 1.54) is 0 Å². The quantitative estimate of drug-likeness (QED) is 0.880. The van der Waals surface area contributed by atoms with E-state index in [1.54, 1.807) is 11.3 Å². The summed E-state index contributed by atoms with van der Waals surface area (Å²) in [6.45, 7) is 4.35. The van der Waals surface area contributed by atoms with Crippen LogP contribution in [0.1, 0.15) is 32.7 Å². The van der Waals surface area contributed by atoms with Crippen molar-refractivity contribution in [2.75, 3.05) is 5.73 Å². The SMILES string of the molecule is CCC(CC)n1cc(N)c(-c2ccsc2)n1. The molecule has 0 atom stereocenters. The lowest BCUT2D eigenvalue weighted by Crippen LogP contribution is -2.07. The molecule has 0 saturated heterocycles.